The van der Waals surface area contributed by atoms with Crippen molar-refractivity contribution in [2.24, 2.45) is 11.5 Å². The number of nitrogens with two attached hydrogens (primary N) is 2. The highest BCUT2D eigenvalue weighted by Gasteiger charge is 2.07. The lowest BCUT2D eigenvalue weighted by molar-refractivity contribution is -0.121. The molecule has 0 aromatic heterocycles. The van der Waals surface area contributed by atoms with Crippen molar-refractivity contribution in [3.63, 3.8) is 0 Å². The molecule has 0 saturated heterocycles. The van der Waals surface area contributed by atoms with Gasteiger partial charge in [0.15, 0.2) is 0 Å². The first-order chi connectivity index (χ1) is 7.06. The summed E-state index contributed by atoms with van der Waals surface area (Å²) in [5.41, 5.74) is 10.4. The molecule has 0 saturated carbocycles. The standard InChI is InChI=1S/C9H19N3O3/c1-2-3-7(10)6-8(13)12-4-5-15-9(11)14/h7H,2-6,10H2,1H3,(H2,11,14)(H,12,13). The maximum atomic E-state index is 11.2. The first kappa shape index (κ1) is 13.7. The van der Waals surface area contributed by atoms with Crippen LogP contribution in [0.1, 0.15) is 26.2 Å². The molecule has 6 heteroatoms. The summed E-state index contributed by atoms with van der Waals surface area (Å²) in [5.74, 6) is -0.135. The largest absolute Gasteiger partial charge is 0.448 e. The molecule has 0 spiro atoms. The van der Waals surface area contributed by atoms with Crippen molar-refractivity contribution in [3.05, 3.63) is 0 Å². The minimum atomic E-state index is -0.841. The van der Waals surface area contributed by atoms with Gasteiger partial charge in [-0.1, -0.05) is 13.3 Å². The number of nitrogens with one attached hydrogen (secondary N) is 1. The molecule has 15 heavy (non-hydrogen) atoms. The van der Waals surface area contributed by atoms with Crippen LogP contribution in [-0.4, -0.2) is 31.2 Å². The van der Waals surface area contributed by atoms with Crippen molar-refractivity contribution < 1.29 is 14.3 Å². The van der Waals surface area contributed by atoms with Crippen LogP contribution < -0.4 is 16.8 Å². The number of ether oxygens (including phenoxy) is 1. The molecule has 1 atom stereocenters. The summed E-state index contributed by atoms with van der Waals surface area (Å²) in [4.78, 5) is 21.4. The van der Waals surface area contributed by atoms with Gasteiger partial charge in [0.25, 0.3) is 0 Å². The number of hydrogen-bond acceptors (Lipinski definition) is 4. The normalized spacial score (nSPS) is 11.9. The molecule has 88 valence electrons. The number of rotatable bonds is 7. The van der Waals surface area contributed by atoms with E-state index in [1.54, 1.807) is 0 Å². The highest BCUT2D eigenvalue weighted by molar-refractivity contribution is 5.76. The van der Waals surface area contributed by atoms with Crippen LogP contribution in [0, 0.1) is 0 Å². The lowest BCUT2D eigenvalue weighted by Crippen LogP contribution is -2.34. The van der Waals surface area contributed by atoms with Crippen molar-refractivity contribution in [2.75, 3.05) is 13.2 Å². The Bertz CT molecular complexity index is 209. The SMILES string of the molecule is CCCC(N)CC(=O)NCCOC(N)=O. The van der Waals surface area contributed by atoms with Crippen molar-refractivity contribution >= 4 is 12.0 Å². The summed E-state index contributed by atoms with van der Waals surface area (Å²) >= 11 is 0. The third-order valence-electron chi connectivity index (χ3n) is 1.78. The molecule has 0 aromatic carbocycles. The molecular weight excluding hydrogens is 198 g/mol. The third kappa shape index (κ3) is 9.01. The highest BCUT2D eigenvalue weighted by Crippen LogP contribution is 1.97. The number of carbonyl (C=O) groups excluding carboxylic acids is 2. The van der Waals surface area contributed by atoms with Crippen LogP contribution >= 0.6 is 0 Å². The van der Waals surface area contributed by atoms with Crippen LogP contribution in [0.15, 0.2) is 0 Å². The summed E-state index contributed by atoms with van der Waals surface area (Å²) in [6.45, 7) is 2.36. The molecule has 0 radical (unpaired) electrons. The van der Waals surface area contributed by atoms with Crippen molar-refractivity contribution in [3.8, 4) is 0 Å². The van der Waals surface area contributed by atoms with Crippen LogP contribution in [0.3, 0.4) is 0 Å². The Morgan fingerprint density at radius 1 is 1.47 bits per heavy atom. The summed E-state index contributed by atoms with van der Waals surface area (Å²) < 4.78 is 4.44. The molecule has 0 aliphatic heterocycles. The van der Waals surface area contributed by atoms with E-state index in [1.807, 2.05) is 6.92 Å². The van der Waals surface area contributed by atoms with Crippen molar-refractivity contribution in [1.82, 2.24) is 5.32 Å². The van der Waals surface area contributed by atoms with Gasteiger partial charge in [-0.15, -0.1) is 0 Å². The lowest BCUT2D eigenvalue weighted by atomic mass is 10.1. The second-order valence-corrected chi connectivity index (χ2v) is 3.27. The van der Waals surface area contributed by atoms with Gasteiger partial charge in [0.2, 0.25) is 5.91 Å². The van der Waals surface area contributed by atoms with Crippen LogP contribution in [0.5, 0.6) is 0 Å². The Labute approximate surface area is 89.3 Å². The summed E-state index contributed by atoms with van der Waals surface area (Å²) in [6, 6.07) is -0.105. The van der Waals surface area contributed by atoms with Crippen molar-refractivity contribution in [2.45, 2.75) is 32.2 Å². The topological polar surface area (TPSA) is 107 Å². The summed E-state index contributed by atoms with van der Waals surface area (Å²) in [5, 5.41) is 2.58. The Kier molecular flexibility index (Phi) is 7.35. The number of hydrogen-bond donors (Lipinski definition) is 3. The Hall–Kier alpha value is -1.30. The fourth-order valence-corrected chi connectivity index (χ4v) is 1.13. The zero-order valence-electron chi connectivity index (χ0n) is 8.99. The molecule has 0 heterocycles. The molecule has 1 unspecified atom stereocenters. The maximum Gasteiger partial charge on any atom is 0.404 e. The van der Waals surface area contributed by atoms with E-state index in [1.165, 1.54) is 0 Å². The van der Waals surface area contributed by atoms with Crippen molar-refractivity contribution in [1.29, 1.82) is 0 Å². The van der Waals surface area contributed by atoms with E-state index < -0.39 is 6.09 Å². The molecule has 0 aromatic rings. The average molecular weight is 217 g/mol. The molecule has 6 nitrogen and oxygen atoms in total. The van der Waals surface area contributed by atoms with Gasteiger partial charge in [-0.2, -0.15) is 0 Å². The Balaban J connectivity index is 3.44. The van der Waals surface area contributed by atoms with E-state index in [9.17, 15) is 9.59 Å². The van der Waals surface area contributed by atoms with Crippen LogP contribution in [0.4, 0.5) is 4.79 Å². The van der Waals surface area contributed by atoms with E-state index >= 15 is 0 Å². The van der Waals surface area contributed by atoms with Gasteiger partial charge in [0, 0.05) is 12.5 Å². The Morgan fingerprint density at radius 2 is 2.13 bits per heavy atom. The fourth-order valence-electron chi connectivity index (χ4n) is 1.13. The zero-order valence-corrected chi connectivity index (χ0v) is 8.99. The molecule has 0 aliphatic carbocycles. The maximum absolute atomic E-state index is 11.2. The van der Waals surface area contributed by atoms with E-state index in [-0.39, 0.29) is 25.1 Å². The number of carbonyl (C=O) groups is 2. The van der Waals surface area contributed by atoms with Gasteiger partial charge in [-0.3, -0.25) is 4.79 Å². The molecule has 5 N–H and O–H groups in total. The lowest BCUT2D eigenvalue weighted by Gasteiger charge is -2.10. The monoisotopic (exact) mass is 217 g/mol. The molecule has 0 bridgehead atoms. The van der Waals surface area contributed by atoms with E-state index in [0.717, 1.165) is 12.8 Å². The summed E-state index contributed by atoms with van der Waals surface area (Å²) in [6.07, 6.45) is 1.24. The minimum Gasteiger partial charge on any atom is -0.448 e. The van der Waals surface area contributed by atoms with Crippen LogP contribution in [0.2, 0.25) is 0 Å². The van der Waals surface area contributed by atoms with Gasteiger partial charge in [0.1, 0.15) is 6.61 Å². The van der Waals surface area contributed by atoms with E-state index in [4.69, 9.17) is 11.5 Å². The molecule has 0 fully saturated rings. The molecule has 0 aliphatic rings. The minimum absolute atomic E-state index is 0.0874. The van der Waals surface area contributed by atoms with Gasteiger partial charge in [-0.25, -0.2) is 4.79 Å². The first-order valence-electron chi connectivity index (χ1n) is 5.00. The number of primary amides is 1. The van der Waals surface area contributed by atoms with Crippen LogP contribution in [0.25, 0.3) is 0 Å². The second kappa shape index (κ2) is 8.05. The summed E-state index contributed by atoms with van der Waals surface area (Å²) in [7, 11) is 0. The highest BCUT2D eigenvalue weighted by atomic mass is 16.5. The predicted molar refractivity (Wildman–Crippen MR) is 56.0 cm³/mol. The first-order valence-corrected chi connectivity index (χ1v) is 5.00. The van der Waals surface area contributed by atoms with Crippen LogP contribution in [-0.2, 0) is 9.53 Å². The van der Waals surface area contributed by atoms with Gasteiger partial charge in [0.05, 0.1) is 6.54 Å². The quantitative estimate of drug-likeness (QED) is 0.509. The van der Waals surface area contributed by atoms with Gasteiger partial charge in [-0.05, 0) is 6.42 Å². The average Bonchev–Trinajstić information content (AvgIpc) is 2.12. The molecular formula is C9H19N3O3. The predicted octanol–water partition coefficient (Wildman–Crippen LogP) is -0.285. The van der Waals surface area contributed by atoms with E-state index in [2.05, 4.69) is 10.1 Å². The third-order valence-corrected chi connectivity index (χ3v) is 1.78. The fraction of sp³-hybridized carbons (Fsp3) is 0.778. The smallest absolute Gasteiger partial charge is 0.404 e. The molecule has 0 rings (SSSR count). The Morgan fingerprint density at radius 3 is 2.67 bits per heavy atom. The van der Waals surface area contributed by atoms with E-state index in [0.29, 0.717) is 6.42 Å². The number of amides is 2. The zero-order chi connectivity index (χ0) is 11.7. The second-order valence-electron chi connectivity index (χ2n) is 3.27. The van der Waals surface area contributed by atoms with Gasteiger partial charge >= 0.3 is 6.09 Å². The van der Waals surface area contributed by atoms with Gasteiger partial charge < -0.3 is 21.5 Å². The molecule has 2 amide bonds.